The number of carbonyl (C=O) groups is 1. The monoisotopic (exact) mass is 212 g/mol. The predicted octanol–water partition coefficient (Wildman–Crippen LogP) is 3.00. The molecule has 1 atom stereocenters. The highest BCUT2D eigenvalue weighted by Crippen LogP contribution is 2.22. The molecule has 0 heterocycles. The first-order chi connectivity index (χ1) is 6.63. The van der Waals surface area contributed by atoms with Gasteiger partial charge in [-0.15, -0.1) is 0 Å². The summed E-state index contributed by atoms with van der Waals surface area (Å²) in [5.74, 6) is 0.751. The van der Waals surface area contributed by atoms with Gasteiger partial charge in [0.25, 0.3) is 0 Å². The summed E-state index contributed by atoms with van der Waals surface area (Å²) >= 11 is 5.87. The van der Waals surface area contributed by atoms with Gasteiger partial charge in [0.2, 0.25) is 0 Å². The predicted molar refractivity (Wildman–Crippen MR) is 57.0 cm³/mol. The first-order valence-corrected chi connectivity index (χ1v) is 4.87. The van der Waals surface area contributed by atoms with E-state index in [2.05, 4.69) is 0 Å². The molecule has 0 aliphatic carbocycles. The number of hydrogen-bond donors (Lipinski definition) is 0. The van der Waals surface area contributed by atoms with E-state index in [1.54, 1.807) is 12.1 Å². The van der Waals surface area contributed by atoms with Gasteiger partial charge in [-0.3, -0.25) is 0 Å². The highest BCUT2D eigenvalue weighted by molar-refractivity contribution is 6.31. The molecule has 14 heavy (non-hydrogen) atoms. The molecule has 1 rings (SSSR count). The standard InChI is InChI=1S/C11H13ClO2/c1-8-7-10(3-4-11(8)12)14-9(2)5-6-13/h3-4,6-7,9H,5H2,1-2H3. The molecule has 0 bridgehead atoms. The molecule has 0 fully saturated rings. The maximum Gasteiger partial charge on any atom is 0.123 e. The van der Waals surface area contributed by atoms with Crippen LogP contribution in [0, 0.1) is 6.92 Å². The minimum Gasteiger partial charge on any atom is -0.490 e. The smallest absolute Gasteiger partial charge is 0.123 e. The van der Waals surface area contributed by atoms with Crippen LogP contribution in [-0.2, 0) is 4.79 Å². The minimum atomic E-state index is -0.0897. The number of hydrogen-bond acceptors (Lipinski definition) is 2. The summed E-state index contributed by atoms with van der Waals surface area (Å²) in [5, 5.41) is 0.723. The van der Waals surface area contributed by atoms with E-state index in [1.165, 1.54) is 0 Å². The van der Waals surface area contributed by atoms with Gasteiger partial charge in [0.05, 0.1) is 0 Å². The van der Waals surface area contributed by atoms with Crippen molar-refractivity contribution in [2.75, 3.05) is 0 Å². The van der Waals surface area contributed by atoms with E-state index < -0.39 is 0 Å². The quantitative estimate of drug-likeness (QED) is 0.718. The number of ether oxygens (including phenoxy) is 1. The maximum absolute atomic E-state index is 10.2. The molecule has 0 aliphatic rings. The maximum atomic E-state index is 10.2. The number of aryl methyl sites for hydroxylation is 1. The normalized spacial score (nSPS) is 12.2. The van der Waals surface area contributed by atoms with Gasteiger partial charge in [-0.25, -0.2) is 0 Å². The van der Waals surface area contributed by atoms with Gasteiger partial charge in [-0.1, -0.05) is 11.6 Å². The average molecular weight is 213 g/mol. The van der Waals surface area contributed by atoms with Crippen molar-refractivity contribution in [3.05, 3.63) is 28.8 Å². The Morgan fingerprint density at radius 1 is 1.57 bits per heavy atom. The van der Waals surface area contributed by atoms with E-state index in [-0.39, 0.29) is 6.10 Å². The van der Waals surface area contributed by atoms with E-state index in [4.69, 9.17) is 16.3 Å². The Morgan fingerprint density at radius 2 is 2.29 bits per heavy atom. The Morgan fingerprint density at radius 3 is 2.86 bits per heavy atom. The molecule has 1 unspecified atom stereocenters. The van der Waals surface area contributed by atoms with Crippen LogP contribution < -0.4 is 4.74 Å². The summed E-state index contributed by atoms with van der Waals surface area (Å²) in [6, 6.07) is 5.46. The highest BCUT2D eigenvalue weighted by Gasteiger charge is 2.04. The Hall–Kier alpha value is -1.02. The van der Waals surface area contributed by atoms with Crippen molar-refractivity contribution in [2.24, 2.45) is 0 Å². The molecule has 0 spiro atoms. The van der Waals surface area contributed by atoms with Gasteiger partial charge in [-0.05, 0) is 37.6 Å². The molecule has 0 saturated carbocycles. The van der Waals surface area contributed by atoms with Crippen molar-refractivity contribution in [3.63, 3.8) is 0 Å². The molecule has 0 saturated heterocycles. The number of benzene rings is 1. The number of aldehydes is 1. The zero-order valence-corrected chi connectivity index (χ0v) is 9.04. The molecule has 1 aromatic carbocycles. The molecule has 0 radical (unpaired) electrons. The van der Waals surface area contributed by atoms with E-state index in [1.807, 2.05) is 19.9 Å². The van der Waals surface area contributed by atoms with Crippen molar-refractivity contribution in [3.8, 4) is 5.75 Å². The zero-order valence-electron chi connectivity index (χ0n) is 8.29. The second-order valence-electron chi connectivity index (χ2n) is 3.24. The SMILES string of the molecule is Cc1cc(OC(C)CC=O)ccc1Cl. The molecule has 76 valence electrons. The molecular formula is C11H13ClO2. The van der Waals surface area contributed by atoms with Crippen LogP contribution in [0.1, 0.15) is 18.9 Å². The number of rotatable bonds is 4. The van der Waals surface area contributed by atoms with Gasteiger partial charge < -0.3 is 9.53 Å². The Balaban J connectivity index is 2.67. The van der Waals surface area contributed by atoms with Gasteiger partial charge in [0.15, 0.2) is 0 Å². The van der Waals surface area contributed by atoms with Gasteiger partial charge in [-0.2, -0.15) is 0 Å². The molecule has 3 heteroatoms. The van der Waals surface area contributed by atoms with Crippen molar-refractivity contribution in [1.29, 1.82) is 0 Å². The third-order valence-corrected chi connectivity index (χ3v) is 2.32. The van der Waals surface area contributed by atoms with E-state index in [9.17, 15) is 4.79 Å². The molecular weight excluding hydrogens is 200 g/mol. The van der Waals surface area contributed by atoms with Crippen LogP contribution in [0.4, 0.5) is 0 Å². The lowest BCUT2D eigenvalue weighted by molar-refractivity contribution is -0.109. The summed E-state index contributed by atoms with van der Waals surface area (Å²) in [4.78, 5) is 10.2. The fourth-order valence-corrected chi connectivity index (χ4v) is 1.22. The molecule has 0 aromatic heterocycles. The second kappa shape index (κ2) is 5.01. The number of carbonyl (C=O) groups excluding carboxylic acids is 1. The van der Waals surface area contributed by atoms with Crippen LogP contribution in [0.15, 0.2) is 18.2 Å². The first-order valence-electron chi connectivity index (χ1n) is 4.50. The fraction of sp³-hybridized carbons (Fsp3) is 0.364. The van der Waals surface area contributed by atoms with Crippen LogP contribution in [0.5, 0.6) is 5.75 Å². The second-order valence-corrected chi connectivity index (χ2v) is 3.65. The van der Waals surface area contributed by atoms with E-state index >= 15 is 0 Å². The molecule has 2 nitrogen and oxygen atoms in total. The van der Waals surface area contributed by atoms with Gasteiger partial charge in [0, 0.05) is 11.4 Å². The van der Waals surface area contributed by atoms with Crippen LogP contribution in [0.25, 0.3) is 0 Å². The lowest BCUT2D eigenvalue weighted by Crippen LogP contribution is -2.11. The van der Waals surface area contributed by atoms with Crippen LogP contribution in [0.3, 0.4) is 0 Å². The molecule has 0 N–H and O–H groups in total. The topological polar surface area (TPSA) is 26.3 Å². The summed E-state index contributed by atoms with van der Waals surface area (Å²) in [5.41, 5.74) is 0.975. The highest BCUT2D eigenvalue weighted by atomic mass is 35.5. The van der Waals surface area contributed by atoms with Crippen molar-refractivity contribution in [1.82, 2.24) is 0 Å². The van der Waals surface area contributed by atoms with Crippen molar-refractivity contribution < 1.29 is 9.53 Å². The van der Waals surface area contributed by atoms with Crippen LogP contribution >= 0.6 is 11.6 Å². The number of halogens is 1. The summed E-state index contributed by atoms with van der Waals surface area (Å²) in [7, 11) is 0. The Bertz CT molecular complexity index is 323. The molecule has 1 aromatic rings. The lowest BCUT2D eigenvalue weighted by Gasteiger charge is -2.12. The van der Waals surface area contributed by atoms with Crippen LogP contribution in [0.2, 0.25) is 5.02 Å². The fourth-order valence-electron chi connectivity index (χ4n) is 1.11. The Kier molecular flexibility index (Phi) is 3.96. The van der Waals surface area contributed by atoms with E-state index in [0.717, 1.165) is 22.6 Å². The van der Waals surface area contributed by atoms with Crippen molar-refractivity contribution in [2.45, 2.75) is 26.4 Å². The van der Waals surface area contributed by atoms with Gasteiger partial charge >= 0.3 is 0 Å². The third-order valence-electron chi connectivity index (χ3n) is 1.89. The van der Waals surface area contributed by atoms with Gasteiger partial charge in [0.1, 0.15) is 18.1 Å². The minimum absolute atomic E-state index is 0.0897. The summed E-state index contributed by atoms with van der Waals surface area (Å²) in [6.07, 6.45) is 1.17. The average Bonchev–Trinajstić information content (AvgIpc) is 2.12. The zero-order chi connectivity index (χ0) is 10.6. The molecule has 0 aliphatic heterocycles. The summed E-state index contributed by atoms with van der Waals surface area (Å²) < 4.78 is 5.50. The lowest BCUT2D eigenvalue weighted by atomic mass is 10.2. The first kappa shape index (κ1) is 11.1. The van der Waals surface area contributed by atoms with Crippen LogP contribution in [-0.4, -0.2) is 12.4 Å². The summed E-state index contributed by atoms with van der Waals surface area (Å²) in [6.45, 7) is 3.78. The third kappa shape index (κ3) is 3.04. The molecule has 0 amide bonds. The van der Waals surface area contributed by atoms with Crippen molar-refractivity contribution >= 4 is 17.9 Å². The largest absolute Gasteiger partial charge is 0.490 e. The van der Waals surface area contributed by atoms with E-state index in [0.29, 0.717) is 6.42 Å². The Labute approximate surface area is 88.8 Å².